The first-order valence-electron chi connectivity index (χ1n) is 5.29. The summed E-state index contributed by atoms with van der Waals surface area (Å²) >= 11 is 3.32. The second kappa shape index (κ2) is 4.72. The van der Waals surface area contributed by atoms with Crippen LogP contribution in [0.15, 0.2) is 33.3 Å². The van der Waals surface area contributed by atoms with Gasteiger partial charge >= 0.3 is 0 Å². The zero-order valence-corrected chi connectivity index (χ0v) is 11.2. The Labute approximate surface area is 108 Å². The number of nitrogens with zero attached hydrogens (tertiary/aromatic N) is 2. The Balaban J connectivity index is 2.40. The molecule has 0 amide bonds. The van der Waals surface area contributed by atoms with Gasteiger partial charge in [0.1, 0.15) is 10.5 Å². The van der Waals surface area contributed by atoms with Crippen LogP contribution < -0.4 is 0 Å². The van der Waals surface area contributed by atoms with E-state index >= 15 is 0 Å². The lowest BCUT2D eigenvalue weighted by atomic mass is 10.0. The van der Waals surface area contributed by atoms with E-state index < -0.39 is 0 Å². The van der Waals surface area contributed by atoms with Crippen molar-refractivity contribution in [2.24, 2.45) is 0 Å². The van der Waals surface area contributed by atoms with Crippen LogP contribution in [0.1, 0.15) is 31.0 Å². The molecule has 86 valence electrons. The maximum Gasteiger partial charge on any atom is 0.198 e. The summed E-state index contributed by atoms with van der Waals surface area (Å²) in [6, 6.07) is 10.0. The van der Waals surface area contributed by atoms with Crippen molar-refractivity contribution in [3.63, 3.8) is 0 Å². The predicted molar refractivity (Wildman–Crippen MR) is 68.4 cm³/mol. The van der Waals surface area contributed by atoms with Gasteiger partial charge in [0.05, 0.1) is 0 Å². The van der Waals surface area contributed by atoms with Crippen LogP contribution in [0.5, 0.6) is 0 Å². The molecule has 2 aromatic rings. The Morgan fingerprint density at radius 3 is 2.41 bits per heavy atom. The zero-order valence-electron chi connectivity index (χ0n) is 9.57. The molecule has 0 spiro atoms. The van der Waals surface area contributed by atoms with Crippen molar-refractivity contribution in [3.8, 4) is 17.4 Å². The zero-order chi connectivity index (χ0) is 12.4. The fourth-order valence-corrected chi connectivity index (χ4v) is 2.01. The second-order valence-corrected chi connectivity index (χ2v) is 4.86. The lowest BCUT2D eigenvalue weighted by Crippen LogP contribution is -1.86. The molecule has 0 fully saturated rings. The smallest absolute Gasteiger partial charge is 0.198 e. The third kappa shape index (κ3) is 2.25. The highest BCUT2D eigenvalue weighted by atomic mass is 79.9. The summed E-state index contributed by atoms with van der Waals surface area (Å²) in [4.78, 5) is 0. The fraction of sp³-hybridized carbons (Fsp3) is 0.231. The number of hydrogen-bond acceptors (Lipinski definition) is 3. The van der Waals surface area contributed by atoms with Gasteiger partial charge in [-0.3, -0.25) is 0 Å². The van der Waals surface area contributed by atoms with Crippen molar-refractivity contribution >= 4 is 15.9 Å². The highest BCUT2D eigenvalue weighted by Crippen LogP contribution is 2.31. The van der Waals surface area contributed by atoms with Crippen LogP contribution in [-0.4, -0.2) is 5.16 Å². The first-order chi connectivity index (χ1) is 8.13. The predicted octanol–water partition coefficient (Wildman–Crippen LogP) is 4.10. The molecule has 1 heterocycles. The fourth-order valence-electron chi connectivity index (χ4n) is 1.55. The minimum absolute atomic E-state index is 0.271. The third-order valence-corrected chi connectivity index (χ3v) is 3.32. The number of aromatic nitrogens is 1. The molecule has 0 unspecified atom stereocenters. The van der Waals surface area contributed by atoms with Crippen molar-refractivity contribution in [1.29, 1.82) is 5.26 Å². The monoisotopic (exact) mass is 290 g/mol. The number of hydrogen-bond donors (Lipinski definition) is 0. The average molecular weight is 291 g/mol. The molecule has 0 bridgehead atoms. The van der Waals surface area contributed by atoms with Crippen molar-refractivity contribution in [2.75, 3.05) is 0 Å². The molecule has 1 aromatic carbocycles. The molecule has 2 rings (SSSR count). The van der Waals surface area contributed by atoms with Gasteiger partial charge in [-0.1, -0.05) is 43.3 Å². The maximum absolute atomic E-state index is 8.79. The summed E-state index contributed by atoms with van der Waals surface area (Å²) in [5.41, 5.74) is 2.45. The van der Waals surface area contributed by atoms with E-state index in [1.54, 1.807) is 0 Å². The van der Waals surface area contributed by atoms with E-state index in [2.05, 4.69) is 47.1 Å². The summed E-state index contributed by atoms with van der Waals surface area (Å²) in [5, 5.41) is 12.5. The summed E-state index contributed by atoms with van der Waals surface area (Å²) in [5.74, 6) is 1.09. The van der Waals surface area contributed by atoms with Crippen LogP contribution >= 0.6 is 15.9 Å². The van der Waals surface area contributed by atoms with Gasteiger partial charge in [-0.2, -0.15) is 5.26 Å². The number of nitriles is 1. The first kappa shape index (κ1) is 11.9. The summed E-state index contributed by atoms with van der Waals surface area (Å²) < 4.78 is 5.76. The molecular weight excluding hydrogens is 280 g/mol. The van der Waals surface area contributed by atoms with Crippen molar-refractivity contribution < 1.29 is 4.52 Å². The molecule has 0 aliphatic heterocycles. The molecule has 0 saturated carbocycles. The number of rotatable bonds is 2. The molecule has 0 aliphatic carbocycles. The molecule has 0 radical (unpaired) electrons. The lowest BCUT2D eigenvalue weighted by Gasteiger charge is -2.05. The van der Waals surface area contributed by atoms with Gasteiger partial charge in [0.2, 0.25) is 0 Å². The van der Waals surface area contributed by atoms with E-state index in [0.717, 1.165) is 5.56 Å². The van der Waals surface area contributed by atoms with Crippen molar-refractivity contribution in [2.45, 2.75) is 19.8 Å². The molecule has 3 nitrogen and oxygen atoms in total. The SMILES string of the molecule is CC(C)c1ccc(-c2onc(C#N)c2Br)cc1. The summed E-state index contributed by atoms with van der Waals surface area (Å²) in [6.07, 6.45) is 0. The van der Waals surface area contributed by atoms with Gasteiger partial charge in [-0.05, 0) is 27.4 Å². The van der Waals surface area contributed by atoms with Gasteiger partial charge in [0.15, 0.2) is 11.5 Å². The normalized spacial score (nSPS) is 10.5. The van der Waals surface area contributed by atoms with Gasteiger partial charge in [-0.25, -0.2) is 0 Å². The van der Waals surface area contributed by atoms with Crippen molar-refractivity contribution in [3.05, 3.63) is 40.0 Å². The minimum Gasteiger partial charge on any atom is -0.354 e. The van der Waals surface area contributed by atoms with E-state index in [1.165, 1.54) is 5.56 Å². The Kier molecular flexibility index (Phi) is 3.30. The Hall–Kier alpha value is -1.60. The first-order valence-corrected chi connectivity index (χ1v) is 6.08. The molecule has 1 aromatic heterocycles. The van der Waals surface area contributed by atoms with Crippen LogP contribution in [0.25, 0.3) is 11.3 Å². The van der Waals surface area contributed by atoms with Crippen LogP contribution in [-0.2, 0) is 0 Å². The van der Waals surface area contributed by atoms with Gasteiger partial charge in [-0.15, -0.1) is 0 Å². The number of benzene rings is 1. The molecular formula is C13H11BrN2O. The average Bonchev–Trinajstić information content (AvgIpc) is 2.70. The van der Waals surface area contributed by atoms with E-state index in [9.17, 15) is 0 Å². The summed E-state index contributed by atoms with van der Waals surface area (Å²) in [7, 11) is 0. The molecule has 0 N–H and O–H groups in total. The standard InChI is InChI=1S/C13H11BrN2O/c1-8(2)9-3-5-10(6-4-9)13-12(14)11(7-15)16-17-13/h3-6,8H,1-2H3. The van der Waals surface area contributed by atoms with Crippen LogP contribution in [0.3, 0.4) is 0 Å². The van der Waals surface area contributed by atoms with E-state index in [4.69, 9.17) is 9.78 Å². The summed E-state index contributed by atoms with van der Waals surface area (Å²) in [6.45, 7) is 4.29. The van der Waals surface area contributed by atoms with E-state index in [0.29, 0.717) is 16.2 Å². The Morgan fingerprint density at radius 1 is 1.29 bits per heavy atom. The topological polar surface area (TPSA) is 49.8 Å². The van der Waals surface area contributed by atoms with Crippen LogP contribution in [0.2, 0.25) is 0 Å². The highest BCUT2D eigenvalue weighted by Gasteiger charge is 2.14. The van der Waals surface area contributed by atoms with Crippen LogP contribution in [0.4, 0.5) is 0 Å². The van der Waals surface area contributed by atoms with E-state index in [1.807, 2.05) is 18.2 Å². The highest BCUT2D eigenvalue weighted by molar-refractivity contribution is 9.10. The number of halogens is 1. The second-order valence-electron chi connectivity index (χ2n) is 4.06. The quantitative estimate of drug-likeness (QED) is 0.837. The Morgan fingerprint density at radius 2 is 1.94 bits per heavy atom. The molecule has 0 aliphatic rings. The molecule has 17 heavy (non-hydrogen) atoms. The van der Waals surface area contributed by atoms with Crippen molar-refractivity contribution in [1.82, 2.24) is 5.16 Å². The largest absolute Gasteiger partial charge is 0.354 e. The van der Waals surface area contributed by atoms with Gasteiger partial charge in [0, 0.05) is 5.56 Å². The van der Waals surface area contributed by atoms with Gasteiger partial charge < -0.3 is 4.52 Å². The van der Waals surface area contributed by atoms with Crippen LogP contribution in [0, 0.1) is 11.3 Å². The molecule has 0 saturated heterocycles. The minimum atomic E-state index is 0.271. The lowest BCUT2D eigenvalue weighted by molar-refractivity contribution is 0.430. The maximum atomic E-state index is 8.79. The van der Waals surface area contributed by atoms with E-state index in [-0.39, 0.29) is 5.69 Å². The Bertz CT molecular complexity index is 564. The molecule has 4 heteroatoms. The molecule has 0 atom stereocenters. The third-order valence-electron chi connectivity index (χ3n) is 2.58. The van der Waals surface area contributed by atoms with Gasteiger partial charge in [0.25, 0.3) is 0 Å².